The number of carbonyl (C=O) groups excluding carboxylic acids is 2. The Morgan fingerprint density at radius 3 is 2.00 bits per heavy atom. The Balaban J connectivity index is 1.78. The Kier molecular flexibility index (Phi) is 7.01. The van der Waals surface area contributed by atoms with E-state index < -0.39 is 21.8 Å². The van der Waals surface area contributed by atoms with E-state index in [9.17, 15) is 18.0 Å². The Bertz CT molecular complexity index is 1240. The molecule has 3 N–H and O–H groups in total. The van der Waals surface area contributed by atoms with Crippen LogP contribution in [0.5, 0.6) is 5.75 Å². The zero-order valence-corrected chi connectivity index (χ0v) is 18.8. The molecule has 3 aromatic carbocycles. The van der Waals surface area contributed by atoms with Gasteiger partial charge in [0.2, 0.25) is 0 Å². The van der Waals surface area contributed by atoms with Gasteiger partial charge in [-0.1, -0.05) is 29.3 Å². The van der Waals surface area contributed by atoms with E-state index in [1.54, 1.807) is 36.4 Å². The van der Waals surface area contributed by atoms with Crippen molar-refractivity contribution in [3.05, 3.63) is 88.4 Å². The van der Waals surface area contributed by atoms with Crippen LogP contribution in [0, 0.1) is 6.92 Å². The van der Waals surface area contributed by atoms with Crippen LogP contribution >= 0.6 is 11.6 Å². The topological polar surface area (TPSA) is 114 Å². The fourth-order valence-electron chi connectivity index (χ4n) is 2.72. The summed E-state index contributed by atoms with van der Waals surface area (Å²) in [5.74, 6) is -1.20. The Morgan fingerprint density at radius 2 is 1.41 bits per heavy atom. The number of methoxy groups -OCH3 is 1. The van der Waals surface area contributed by atoms with Gasteiger partial charge in [-0.25, -0.2) is 8.42 Å². The van der Waals surface area contributed by atoms with Crippen LogP contribution in [0.25, 0.3) is 0 Å². The Labute approximate surface area is 190 Å². The molecule has 0 saturated heterocycles. The van der Waals surface area contributed by atoms with Crippen molar-refractivity contribution in [1.29, 1.82) is 0 Å². The van der Waals surface area contributed by atoms with E-state index in [4.69, 9.17) is 16.3 Å². The molecule has 0 aliphatic heterocycles. The Hall–Kier alpha value is -3.56. The van der Waals surface area contributed by atoms with Crippen molar-refractivity contribution >= 4 is 39.1 Å². The molecule has 0 unspecified atom stereocenters. The lowest BCUT2D eigenvalue weighted by molar-refractivity contribution is 0.0846. The van der Waals surface area contributed by atoms with Crippen molar-refractivity contribution in [2.75, 3.05) is 11.8 Å². The highest BCUT2D eigenvalue weighted by molar-refractivity contribution is 7.92. The van der Waals surface area contributed by atoms with Gasteiger partial charge in [0.25, 0.3) is 21.8 Å². The molecule has 3 rings (SSSR count). The maximum Gasteiger partial charge on any atom is 0.269 e. The number of hydrogen-bond donors (Lipinski definition) is 3. The van der Waals surface area contributed by atoms with Gasteiger partial charge in [-0.2, -0.15) is 0 Å². The summed E-state index contributed by atoms with van der Waals surface area (Å²) in [5.41, 5.74) is 6.16. The molecular weight excluding hydrogens is 454 g/mol. The van der Waals surface area contributed by atoms with Crippen LogP contribution in [-0.4, -0.2) is 27.3 Å². The maximum atomic E-state index is 12.9. The van der Waals surface area contributed by atoms with Gasteiger partial charge in [0.1, 0.15) is 10.6 Å². The lowest BCUT2D eigenvalue weighted by atomic mass is 10.2. The molecule has 2 amide bonds. The quantitative estimate of drug-likeness (QED) is 0.474. The highest BCUT2D eigenvalue weighted by Gasteiger charge is 2.22. The van der Waals surface area contributed by atoms with Crippen molar-refractivity contribution in [2.45, 2.75) is 11.8 Å². The van der Waals surface area contributed by atoms with Gasteiger partial charge in [-0.05, 0) is 61.5 Å². The second kappa shape index (κ2) is 9.71. The number of hydrogen-bond acceptors (Lipinski definition) is 5. The summed E-state index contributed by atoms with van der Waals surface area (Å²) in [6.07, 6.45) is 0. The summed E-state index contributed by atoms with van der Waals surface area (Å²) < 4.78 is 33.4. The number of halogens is 1. The lowest BCUT2D eigenvalue weighted by Gasteiger charge is -2.14. The first-order valence-corrected chi connectivity index (χ1v) is 11.2. The van der Waals surface area contributed by atoms with Gasteiger partial charge in [-0.15, -0.1) is 0 Å². The summed E-state index contributed by atoms with van der Waals surface area (Å²) in [7, 11) is -2.73. The zero-order valence-electron chi connectivity index (χ0n) is 17.2. The molecule has 0 fully saturated rings. The van der Waals surface area contributed by atoms with Crippen LogP contribution in [-0.2, 0) is 10.0 Å². The van der Waals surface area contributed by atoms with E-state index in [0.717, 1.165) is 5.56 Å². The number of rotatable bonds is 6. The van der Waals surface area contributed by atoms with E-state index in [1.165, 1.54) is 37.4 Å². The average molecular weight is 474 g/mol. The fraction of sp³-hybridized carbons (Fsp3) is 0.0909. The minimum absolute atomic E-state index is 0.00601. The predicted octanol–water partition coefficient (Wildman–Crippen LogP) is 3.53. The van der Waals surface area contributed by atoms with Crippen LogP contribution < -0.4 is 20.3 Å². The minimum Gasteiger partial charge on any atom is -0.495 e. The lowest BCUT2D eigenvalue weighted by Crippen LogP contribution is -2.41. The third kappa shape index (κ3) is 5.57. The summed E-state index contributed by atoms with van der Waals surface area (Å²) in [4.78, 5) is 24.4. The second-order valence-corrected chi connectivity index (χ2v) is 8.84. The monoisotopic (exact) mass is 473 g/mol. The molecule has 0 spiro atoms. The molecule has 166 valence electrons. The van der Waals surface area contributed by atoms with Crippen LogP contribution in [0.1, 0.15) is 26.3 Å². The van der Waals surface area contributed by atoms with Gasteiger partial charge < -0.3 is 4.74 Å². The van der Waals surface area contributed by atoms with E-state index in [2.05, 4.69) is 15.6 Å². The zero-order chi connectivity index (χ0) is 23.3. The van der Waals surface area contributed by atoms with E-state index in [-0.39, 0.29) is 21.8 Å². The summed E-state index contributed by atoms with van der Waals surface area (Å²) in [5, 5.41) is 0.469. The van der Waals surface area contributed by atoms with Gasteiger partial charge in [0, 0.05) is 21.8 Å². The minimum atomic E-state index is -4.06. The van der Waals surface area contributed by atoms with Crippen LogP contribution in [0.3, 0.4) is 0 Å². The van der Waals surface area contributed by atoms with Crippen molar-refractivity contribution in [3.8, 4) is 5.75 Å². The third-order valence-electron chi connectivity index (χ3n) is 4.42. The number of benzene rings is 3. The summed E-state index contributed by atoms with van der Waals surface area (Å²) in [6, 6.07) is 16.8. The number of anilines is 1. The second-order valence-electron chi connectivity index (χ2n) is 6.75. The molecule has 8 nitrogen and oxygen atoms in total. The Morgan fingerprint density at radius 1 is 0.844 bits per heavy atom. The van der Waals surface area contributed by atoms with Crippen LogP contribution in [0.4, 0.5) is 5.69 Å². The fourth-order valence-corrected chi connectivity index (χ4v) is 4.10. The van der Waals surface area contributed by atoms with Gasteiger partial charge >= 0.3 is 0 Å². The normalized spacial score (nSPS) is 10.8. The molecule has 0 aromatic heterocycles. The van der Waals surface area contributed by atoms with Gasteiger partial charge in [-0.3, -0.25) is 25.2 Å². The molecule has 0 aliphatic rings. The van der Waals surface area contributed by atoms with Crippen molar-refractivity contribution in [3.63, 3.8) is 0 Å². The molecule has 0 radical (unpaired) electrons. The van der Waals surface area contributed by atoms with E-state index in [1.807, 2.05) is 6.92 Å². The molecular formula is C22H20ClN3O5S. The predicted molar refractivity (Wildman–Crippen MR) is 121 cm³/mol. The summed E-state index contributed by atoms with van der Waals surface area (Å²) in [6.45, 7) is 1.88. The molecule has 0 atom stereocenters. The molecule has 0 heterocycles. The highest BCUT2D eigenvalue weighted by atomic mass is 35.5. The molecule has 0 saturated carbocycles. The van der Waals surface area contributed by atoms with Gasteiger partial charge in [0.05, 0.1) is 7.11 Å². The first-order valence-electron chi connectivity index (χ1n) is 9.33. The van der Waals surface area contributed by atoms with E-state index in [0.29, 0.717) is 10.7 Å². The van der Waals surface area contributed by atoms with Crippen LogP contribution in [0.2, 0.25) is 5.02 Å². The number of aryl methyl sites for hydroxylation is 1. The third-order valence-corrected chi connectivity index (χ3v) is 6.07. The standard InChI is InChI=1S/C22H20ClN3O5S/c1-14-3-10-18(11-4-14)26-32(29,30)20-13-16(7-12-19(20)31-2)22(28)25-24-21(27)15-5-8-17(23)9-6-15/h3-13,26H,1-2H3,(H,24,27)(H,25,28). The first kappa shape index (κ1) is 23.1. The smallest absolute Gasteiger partial charge is 0.269 e. The first-order chi connectivity index (χ1) is 15.2. The number of amides is 2. The van der Waals surface area contributed by atoms with Crippen molar-refractivity contribution in [2.24, 2.45) is 0 Å². The molecule has 32 heavy (non-hydrogen) atoms. The summed E-state index contributed by atoms with van der Waals surface area (Å²) >= 11 is 5.79. The number of ether oxygens (including phenoxy) is 1. The van der Waals surface area contributed by atoms with Crippen LogP contribution in [0.15, 0.2) is 71.6 Å². The SMILES string of the molecule is COc1ccc(C(=O)NNC(=O)c2ccc(Cl)cc2)cc1S(=O)(=O)Nc1ccc(C)cc1. The average Bonchev–Trinajstić information content (AvgIpc) is 2.78. The van der Waals surface area contributed by atoms with Crippen molar-refractivity contribution in [1.82, 2.24) is 10.9 Å². The number of hydrazine groups is 1. The van der Waals surface area contributed by atoms with E-state index >= 15 is 0 Å². The maximum absolute atomic E-state index is 12.9. The van der Waals surface area contributed by atoms with Gasteiger partial charge in [0.15, 0.2) is 0 Å². The molecule has 0 bridgehead atoms. The molecule has 3 aromatic rings. The molecule has 10 heteroatoms. The van der Waals surface area contributed by atoms with Crippen molar-refractivity contribution < 1.29 is 22.7 Å². The number of sulfonamides is 1. The number of carbonyl (C=O) groups is 2. The largest absolute Gasteiger partial charge is 0.495 e. The molecule has 0 aliphatic carbocycles. The number of nitrogens with one attached hydrogen (secondary N) is 3. The highest BCUT2D eigenvalue weighted by Crippen LogP contribution is 2.27.